The lowest BCUT2D eigenvalue weighted by molar-refractivity contribution is -0.136. The maximum Gasteiger partial charge on any atom is 0.333 e. The zero-order chi connectivity index (χ0) is 12.7. The number of carboxylic acids is 1. The van der Waals surface area contributed by atoms with E-state index >= 15 is 0 Å². The van der Waals surface area contributed by atoms with E-state index in [0.29, 0.717) is 0 Å². The van der Waals surface area contributed by atoms with Crippen LogP contribution in [-0.2, 0) is 25.3 Å². The molecule has 90 valence electrons. The molecular formula is C10H10N2O5. The summed E-state index contributed by atoms with van der Waals surface area (Å²) in [6, 6.07) is 0. The van der Waals surface area contributed by atoms with Crippen molar-refractivity contribution in [3.63, 3.8) is 0 Å². The van der Waals surface area contributed by atoms with Crippen LogP contribution in [0.15, 0.2) is 20.3 Å². The number of furan rings is 1. The van der Waals surface area contributed by atoms with Gasteiger partial charge < -0.3 is 9.52 Å². The van der Waals surface area contributed by atoms with Gasteiger partial charge in [0.25, 0.3) is 5.56 Å². The quantitative estimate of drug-likeness (QED) is 0.758. The van der Waals surface area contributed by atoms with Gasteiger partial charge in [-0.1, -0.05) is 0 Å². The van der Waals surface area contributed by atoms with Crippen LogP contribution < -0.4 is 11.2 Å². The highest BCUT2D eigenvalue weighted by molar-refractivity contribution is 5.82. The number of aromatic nitrogens is 2. The summed E-state index contributed by atoms with van der Waals surface area (Å²) in [5.41, 5.74) is -0.704. The van der Waals surface area contributed by atoms with Crippen molar-refractivity contribution in [2.45, 2.75) is 6.42 Å². The highest BCUT2D eigenvalue weighted by Gasteiger charge is 2.17. The van der Waals surface area contributed by atoms with Crippen molar-refractivity contribution < 1.29 is 14.3 Å². The number of aliphatic carboxylic acids is 1. The summed E-state index contributed by atoms with van der Waals surface area (Å²) >= 11 is 0. The fourth-order valence-corrected chi connectivity index (χ4v) is 1.72. The Labute approximate surface area is 94.5 Å². The molecule has 0 aliphatic rings. The minimum atomic E-state index is -1.07. The van der Waals surface area contributed by atoms with E-state index in [1.54, 1.807) is 0 Å². The molecule has 2 heterocycles. The van der Waals surface area contributed by atoms with Crippen molar-refractivity contribution in [2.24, 2.45) is 14.1 Å². The predicted octanol–water partition coefficient (Wildman–Crippen LogP) is -0.543. The average Bonchev–Trinajstić information content (AvgIpc) is 2.66. The highest BCUT2D eigenvalue weighted by atomic mass is 16.4. The second-order valence-corrected chi connectivity index (χ2v) is 3.72. The van der Waals surface area contributed by atoms with Crippen LogP contribution in [0, 0.1) is 0 Å². The van der Waals surface area contributed by atoms with Gasteiger partial charge in [-0.2, -0.15) is 0 Å². The van der Waals surface area contributed by atoms with Crippen molar-refractivity contribution in [3.8, 4) is 0 Å². The van der Waals surface area contributed by atoms with Crippen molar-refractivity contribution in [1.29, 1.82) is 0 Å². The van der Waals surface area contributed by atoms with Gasteiger partial charge in [0.15, 0.2) is 0 Å². The molecule has 2 aromatic rings. The van der Waals surface area contributed by atoms with E-state index in [2.05, 4.69) is 0 Å². The van der Waals surface area contributed by atoms with E-state index in [1.807, 2.05) is 0 Å². The summed E-state index contributed by atoms with van der Waals surface area (Å²) in [4.78, 5) is 34.1. The largest absolute Gasteiger partial charge is 0.481 e. The molecule has 0 atom stereocenters. The predicted molar refractivity (Wildman–Crippen MR) is 58.0 cm³/mol. The van der Waals surface area contributed by atoms with Crippen LogP contribution in [-0.4, -0.2) is 20.2 Å². The van der Waals surface area contributed by atoms with Crippen LogP contribution in [0.4, 0.5) is 0 Å². The van der Waals surface area contributed by atoms with Crippen molar-refractivity contribution in [3.05, 3.63) is 32.7 Å². The third kappa shape index (κ3) is 1.55. The fraction of sp³-hybridized carbons (Fsp3) is 0.300. The number of rotatable bonds is 2. The van der Waals surface area contributed by atoms with Crippen LogP contribution >= 0.6 is 0 Å². The Balaban J connectivity index is 2.90. The molecule has 0 amide bonds. The molecule has 0 aliphatic heterocycles. The number of fused-ring (bicyclic) bond motifs is 1. The molecule has 7 heteroatoms. The van der Waals surface area contributed by atoms with Gasteiger partial charge in [-0.05, 0) is 0 Å². The molecule has 0 saturated carbocycles. The van der Waals surface area contributed by atoms with E-state index < -0.39 is 17.2 Å². The van der Waals surface area contributed by atoms with Crippen LogP contribution in [0.5, 0.6) is 0 Å². The second-order valence-electron chi connectivity index (χ2n) is 3.72. The van der Waals surface area contributed by atoms with Crippen molar-refractivity contribution >= 4 is 17.1 Å². The van der Waals surface area contributed by atoms with E-state index in [0.717, 1.165) is 4.57 Å². The van der Waals surface area contributed by atoms with Gasteiger partial charge in [-0.25, -0.2) is 4.79 Å². The molecule has 1 N–H and O–H groups in total. The molecular weight excluding hydrogens is 228 g/mol. The molecule has 0 fully saturated rings. The van der Waals surface area contributed by atoms with Crippen LogP contribution in [0.25, 0.3) is 11.1 Å². The van der Waals surface area contributed by atoms with Gasteiger partial charge in [0.1, 0.15) is 5.39 Å². The van der Waals surface area contributed by atoms with E-state index in [9.17, 15) is 14.4 Å². The van der Waals surface area contributed by atoms with Crippen LogP contribution in [0.3, 0.4) is 0 Å². The number of hydrogen-bond donors (Lipinski definition) is 1. The Morgan fingerprint density at radius 2 is 2.00 bits per heavy atom. The minimum Gasteiger partial charge on any atom is -0.481 e. The van der Waals surface area contributed by atoms with Gasteiger partial charge in [0, 0.05) is 19.7 Å². The fourth-order valence-electron chi connectivity index (χ4n) is 1.72. The molecule has 7 nitrogen and oxygen atoms in total. The Bertz CT molecular complexity index is 719. The summed E-state index contributed by atoms with van der Waals surface area (Å²) in [5, 5.41) is 8.85. The lowest BCUT2D eigenvalue weighted by Crippen LogP contribution is -2.36. The third-order valence-corrected chi connectivity index (χ3v) is 2.59. The van der Waals surface area contributed by atoms with Gasteiger partial charge in [0.05, 0.1) is 12.7 Å². The second kappa shape index (κ2) is 3.62. The average molecular weight is 238 g/mol. The summed E-state index contributed by atoms with van der Waals surface area (Å²) in [6.07, 6.45) is 0.875. The van der Waals surface area contributed by atoms with Crippen molar-refractivity contribution in [1.82, 2.24) is 9.13 Å². The summed E-state index contributed by atoms with van der Waals surface area (Å²) in [5.74, 6) is -1.07. The zero-order valence-electron chi connectivity index (χ0n) is 9.26. The highest BCUT2D eigenvalue weighted by Crippen LogP contribution is 2.16. The summed E-state index contributed by atoms with van der Waals surface area (Å²) in [6.45, 7) is 0. The van der Waals surface area contributed by atoms with E-state index in [-0.39, 0.29) is 23.1 Å². The van der Waals surface area contributed by atoms with Gasteiger partial charge in [0.2, 0.25) is 5.71 Å². The molecule has 0 aromatic carbocycles. The van der Waals surface area contributed by atoms with Crippen LogP contribution in [0.2, 0.25) is 0 Å². The molecule has 0 radical (unpaired) electrons. The first kappa shape index (κ1) is 11.2. The lowest BCUT2D eigenvalue weighted by Gasteiger charge is -2.02. The summed E-state index contributed by atoms with van der Waals surface area (Å²) in [7, 11) is 2.79. The van der Waals surface area contributed by atoms with Crippen molar-refractivity contribution in [2.75, 3.05) is 0 Å². The molecule has 0 spiro atoms. The molecule has 0 bridgehead atoms. The topological polar surface area (TPSA) is 94.4 Å². The molecule has 0 unspecified atom stereocenters. The third-order valence-electron chi connectivity index (χ3n) is 2.59. The number of nitrogens with zero attached hydrogens (tertiary/aromatic N) is 2. The molecule has 2 aromatic heterocycles. The summed E-state index contributed by atoms with van der Waals surface area (Å²) < 4.78 is 7.17. The number of hydrogen-bond acceptors (Lipinski definition) is 4. The van der Waals surface area contributed by atoms with Gasteiger partial charge in [-0.15, -0.1) is 0 Å². The van der Waals surface area contributed by atoms with Gasteiger partial charge >= 0.3 is 11.7 Å². The number of carbonyl (C=O) groups is 1. The first-order chi connectivity index (χ1) is 7.93. The first-order valence-corrected chi connectivity index (χ1v) is 4.81. The Hall–Kier alpha value is -2.31. The number of aryl methyl sites for hydroxylation is 1. The van der Waals surface area contributed by atoms with E-state index in [1.165, 1.54) is 24.9 Å². The molecule has 0 saturated heterocycles. The molecule has 2 rings (SSSR count). The monoisotopic (exact) mass is 238 g/mol. The standard InChI is InChI=1S/C10H10N2O5/c1-11-8(15)7-5(3-6(13)14)4-17-9(7)12(2)10(11)16/h4H,3H2,1-2H3,(H,13,14). The van der Waals surface area contributed by atoms with Gasteiger partial charge in [-0.3, -0.25) is 18.7 Å². The normalized spacial score (nSPS) is 10.9. The zero-order valence-corrected chi connectivity index (χ0v) is 9.26. The smallest absolute Gasteiger partial charge is 0.333 e. The lowest BCUT2D eigenvalue weighted by atomic mass is 10.2. The SMILES string of the molecule is Cn1c(=O)c2c(CC(=O)O)coc2n(C)c1=O. The van der Waals surface area contributed by atoms with E-state index in [4.69, 9.17) is 9.52 Å². The maximum atomic E-state index is 11.9. The Morgan fingerprint density at radius 3 is 2.59 bits per heavy atom. The van der Waals surface area contributed by atoms with Crippen LogP contribution in [0.1, 0.15) is 5.56 Å². The maximum absolute atomic E-state index is 11.9. The Morgan fingerprint density at radius 1 is 1.35 bits per heavy atom. The molecule has 17 heavy (non-hydrogen) atoms. The molecule has 0 aliphatic carbocycles. The Kier molecular flexibility index (Phi) is 2.38. The minimum absolute atomic E-state index is 0.0920. The first-order valence-electron chi connectivity index (χ1n) is 4.81. The number of carboxylic acid groups (broad SMARTS) is 1.